The Balaban J connectivity index is 0.0000112. The van der Waals surface area contributed by atoms with E-state index in [4.69, 9.17) is 20.6 Å². The summed E-state index contributed by atoms with van der Waals surface area (Å²) in [6.07, 6.45) is 6.78. The molecule has 2 saturated heterocycles. The molecular formula is C55H73BrN6O10. The lowest BCUT2D eigenvalue weighted by molar-refractivity contribution is -0.940. The van der Waals surface area contributed by atoms with Crippen molar-refractivity contribution in [1.29, 1.82) is 0 Å². The third-order valence-electron chi connectivity index (χ3n) is 12.6. The normalized spacial score (nSPS) is 17.5. The number of aryl methyl sites for hydroxylation is 1. The summed E-state index contributed by atoms with van der Waals surface area (Å²) in [6, 6.07) is 19.6. The first-order valence-electron chi connectivity index (χ1n) is 24.8. The van der Waals surface area contributed by atoms with Crippen molar-refractivity contribution in [2.45, 2.75) is 117 Å². The Kier molecular flexibility index (Phi) is 22.6. The van der Waals surface area contributed by atoms with Gasteiger partial charge in [0.15, 0.2) is 12.3 Å². The summed E-state index contributed by atoms with van der Waals surface area (Å²) >= 11 is 0. The molecule has 2 fully saturated rings. The molecule has 17 heteroatoms. The number of epoxide rings is 1. The van der Waals surface area contributed by atoms with E-state index in [1.807, 2.05) is 88.4 Å². The van der Waals surface area contributed by atoms with Crippen LogP contribution in [0.1, 0.15) is 94.8 Å². The molecule has 0 unspecified atom stereocenters. The van der Waals surface area contributed by atoms with E-state index < -0.39 is 71.2 Å². The zero-order chi connectivity index (χ0) is 51.7. The van der Waals surface area contributed by atoms with Crippen molar-refractivity contribution in [3.63, 3.8) is 0 Å². The largest absolute Gasteiger partial charge is 1.00 e. The predicted molar refractivity (Wildman–Crippen MR) is 268 cm³/mol. The van der Waals surface area contributed by atoms with Crippen molar-refractivity contribution in [2.24, 2.45) is 17.8 Å². The van der Waals surface area contributed by atoms with Gasteiger partial charge in [-0.05, 0) is 73.8 Å². The third-order valence-corrected chi connectivity index (χ3v) is 12.6. The topological polar surface area (TPSA) is 211 Å². The molecule has 0 spiro atoms. The Bertz CT molecular complexity index is 2360. The number of amides is 5. The van der Waals surface area contributed by atoms with E-state index in [1.165, 1.54) is 0 Å². The molecule has 0 aromatic heterocycles. The number of morpholine rings is 1. The first-order valence-corrected chi connectivity index (χ1v) is 24.8. The quantitative estimate of drug-likeness (QED) is 0.0255. The summed E-state index contributed by atoms with van der Waals surface area (Å²) in [5.41, 5.74) is 1.57. The van der Waals surface area contributed by atoms with Gasteiger partial charge in [0.25, 0.3) is 11.8 Å². The van der Waals surface area contributed by atoms with E-state index in [1.54, 1.807) is 39.0 Å². The molecule has 2 aliphatic rings. The molecule has 0 bridgehead atoms. The number of carbonyl (C=O) groups is 7. The summed E-state index contributed by atoms with van der Waals surface area (Å²) in [4.78, 5) is 97.0. The number of carbonyl (C=O) groups excluding carboxylic acids is 7. The highest BCUT2D eigenvalue weighted by Gasteiger charge is 2.50. The van der Waals surface area contributed by atoms with Crippen molar-refractivity contribution < 1.29 is 69.2 Å². The molecule has 5 rings (SSSR count). The maximum atomic E-state index is 14.6. The van der Waals surface area contributed by atoms with E-state index in [0.717, 1.165) is 11.1 Å². The van der Waals surface area contributed by atoms with Crippen LogP contribution in [0.25, 0.3) is 0 Å². The van der Waals surface area contributed by atoms with Crippen LogP contribution < -0.4 is 48.3 Å². The Labute approximate surface area is 435 Å². The molecule has 3 aromatic rings. The Morgan fingerprint density at radius 3 is 1.86 bits per heavy atom. The van der Waals surface area contributed by atoms with Gasteiger partial charge in [-0.25, -0.2) is 0 Å². The molecule has 0 saturated carbocycles. The number of halogens is 1. The lowest BCUT2D eigenvalue weighted by atomic mass is 9.93. The minimum absolute atomic E-state index is 0. The number of Topliss-reactive ketones (excluding diaryl/α,β-unsaturated/α-hetero) is 1. The number of quaternary nitrogens is 1. The first kappa shape index (κ1) is 58.6. The zero-order valence-corrected chi connectivity index (χ0v) is 44.3. The average molecular weight is 1060 g/mol. The van der Waals surface area contributed by atoms with Crippen LogP contribution in [0.2, 0.25) is 0 Å². The summed E-state index contributed by atoms with van der Waals surface area (Å²) < 4.78 is 17.0. The smallest absolute Gasteiger partial charge is 0.313 e. The molecule has 5 amide bonds. The molecule has 5 N–H and O–H groups in total. The first-order chi connectivity index (χ1) is 33.8. The van der Waals surface area contributed by atoms with Crippen molar-refractivity contribution >= 4 is 41.3 Å². The molecule has 16 nitrogen and oxygen atoms in total. The predicted octanol–water partition coefficient (Wildman–Crippen LogP) is 1.23. The number of hydrogen-bond donors (Lipinski definition) is 5. The maximum Gasteiger partial charge on any atom is 0.313 e. The van der Waals surface area contributed by atoms with E-state index >= 15 is 0 Å². The van der Waals surface area contributed by atoms with Crippen LogP contribution in [0, 0.1) is 30.1 Å². The van der Waals surface area contributed by atoms with Gasteiger partial charge in [0.05, 0.1) is 43.9 Å². The number of rotatable bonds is 26. The fourth-order valence-electron chi connectivity index (χ4n) is 8.55. The molecule has 0 radical (unpaired) electrons. The number of nitrogens with zero attached hydrogens (tertiary/aromatic N) is 1. The summed E-state index contributed by atoms with van der Waals surface area (Å²) in [5, 5.41) is 14.4. The summed E-state index contributed by atoms with van der Waals surface area (Å²) in [7, 11) is 0. The summed E-state index contributed by atoms with van der Waals surface area (Å²) in [5.74, 6) is -1.32. The van der Waals surface area contributed by atoms with E-state index in [9.17, 15) is 33.6 Å². The lowest BCUT2D eigenvalue weighted by Gasteiger charge is -2.41. The third kappa shape index (κ3) is 18.0. The zero-order valence-electron chi connectivity index (χ0n) is 42.7. The summed E-state index contributed by atoms with van der Waals surface area (Å²) in [6.45, 7) is 15.0. The van der Waals surface area contributed by atoms with Gasteiger partial charge >= 0.3 is 5.97 Å². The van der Waals surface area contributed by atoms with Crippen molar-refractivity contribution in [3.8, 4) is 18.1 Å². The molecule has 0 aliphatic carbocycles. The van der Waals surface area contributed by atoms with Crippen molar-refractivity contribution in [2.75, 3.05) is 46.0 Å². The number of benzene rings is 3. The minimum atomic E-state index is -1.10. The number of nitrogens with one attached hydrogen (secondary N) is 5. The van der Waals surface area contributed by atoms with Gasteiger partial charge in [-0.2, -0.15) is 0 Å². The fraction of sp³-hybridized carbons (Fsp3) is 0.509. The van der Waals surface area contributed by atoms with Crippen LogP contribution >= 0.6 is 0 Å². The molecule has 72 heavy (non-hydrogen) atoms. The second-order valence-corrected chi connectivity index (χ2v) is 20.2. The van der Waals surface area contributed by atoms with Crippen molar-refractivity contribution in [3.05, 3.63) is 101 Å². The second kappa shape index (κ2) is 27.8. The highest BCUT2D eigenvalue weighted by atomic mass is 79.9. The minimum Gasteiger partial charge on any atom is -1.00 e. The molecule has 5 atom stereocenters. The van der Waals surface area contributed by atoms with Crippen LogP contribution in [-0.2, 0) is 57.6 Å². The molecular weight excluding hydrogens is 985 g/mol. The Morgan fingerprint density at radius 2 is 1.28 bits per heavy atom. The van der Waals surface area contributed by atoms with Gasteiger partial charge < -0.3 is 62.3 Å². The van der Waals surface area contributed by atoms with Gasteiger partial charge in [-0.3, -0.25) is 33.6 Å². The van der Waals surface area contributed by atoms with Gasteiger partial charge in [-0.1, -0.05) is 108 Å². The van der Waals surface area contributed by atoms with Crippen LogP contribution in [0.5, 0.6) is 5.75 Å². The van der Waals surface area contributed by atoms with Crippen LogP contribution in [0.3, 0.4) is 0 Å². The molecule has 2 aliphatic heterocycles. The number of ether oxygens (including phenoxy) is 3. The SMILES string of the molecule is C#CCNC(=O)c1cc(C[N+]2(CC(=O)N[C@@H](CCc3ccccc3)C(=O)N[C@@H](CC(C)C)C(=O)N[C@@H](Cc3ccccc3)C(=O)N[C@@H](CC(C)C)C(=O)[C@@]3(C)CO3)CCOCC2)ccc1OC(=O)C(C)C.[Br-]. The van der Waals surface area contributed by atoms with Crippen LogP contribution in [0.15, 0.2) is 78.9 Å². The second-order valence-electron chi connectivity index (χ2n) is 20.2. The number of esters is 1. The number of hydrogen-bond acceptors (Lipinski definition) is 10. The standard InChI is InChI=1S/C55H72N6O10.BrH/c1-9-24-56-50(64)42-31-41(21-23-47(42)71-54(68)38(6)7)33-61(25-27-69-28-26-61)34-48(62)57-43(22-20-39-16-12-10-13-17-39)51(65)59-45(30-37(4)5)52(66)60-46(32-40-18-14-11-15-19-40)53(67)58-44(29-36(2)3)49(63)55(8)35-70-55;/h1,10-19,21,23,31,36-38,43-46H,20,22,24-30,32-35H2,2-8H3,(H4-,56,57,58,59,60,62,64,65,66,67);1H/t43-,44-,45-,46-,55+;/m0./s1. The Hall–Kier alpha value is -5.93. The lowest BCUT2D eigenvalue weighted by Crippen LogP contribution is -3.00. The molecule has 3 aromatic carbocycles. The van der Waals surface area contributed by atoms with Gasteiger partial charge in [0.2, 0.25) is 17.7 Å². The molecule has 390 valence electrons. The monoisotopic (exact) mass is 1060 g/mol. The van der Waals surface area contributed by atoms with Gasteiger partial charge in [-0.15, -0.1) is 6.42 Å². The highest BCUT2D eigenvalue weighted by Crippen LogP contribution is 2.30. The van der Waals surface area contributed by atoms with Gasteiger partial charge in [0, 0.05) is 12.0 Å². The van der Waals surface area contributed by atoms with Crippen LogP contribution in [0.4, 0.5) is 0 Å². The fourth-order valence-corrected chi connectivity index (χ4v) is 8.55. The van der Waals surface area contributed by atoms with Crippen molar-refractivity contribution in [1.82, 2.24) is 26.6 Å². The highest BCUT2D eigenvalue weighted by molar-refractivity contribution is 5.99. The van der Waals surface area contributed by atoms with Gasteiger partial charge in [0.1, 0.15) is 49.1 Å². The maximum absolute atomic E-state index is 14.6. The number of terminal acetylenes is 1. The van der Waals surface area contributed by atoms with E-state index in [2.05, 4.69) is 32.5 Å². The van der Waals surface area contributed by atoms with E-state index in [-0.39, 0.29) is 89.4 Å². The number of ketones is 1. The average Bonchev–Trinajstić information content (AvgIpc) is 4.09. The Morgan fingerprint density at radius 1 is 0.722 bits per heavy atom. The van der Waals surface area contributed by atoms with Crippen LogP contribution in [-0.4, -0.2) is 122 Å². The van der Waals surface area contributed by atoms with E-state index in [0.29, 0.717) is 51.3 Å². The molecule has 2 heterocycles.